The van der Waals surface area contributed by atoms with Crippen LogP contribution < -0.4 is 0 Å². The molecule has 0 aromatic heterocycles. The van der Waals surface area contributed by atoms with Crippen molar-refractivity contribution in [2.24, 2.45) is 11.3 Å². The fourth-order valence-electron chi connectivity index (χ4n) is 3.73. The zero-order valence-corrected chi connectivity index (χ0v) is 14.0. The maximum atomic E-state index is 11.0. The van der Waals surface area contributed by atoms with E-state index in [1.54, 1.807) is 0 Å². The average molecular weight is 284 g/mol. The van der Waals surface area contributed by atoms with Gasteiger partial charge in [-0.2, -0.15) is 0 Å². The van der Waals surface area contributed by atoms with E-state index >= 15 is 0 Å². The van der Waals surface area contributed by atoms with Crippen molar-refractivity contribution in [2.75, 3.05) is 6.61 Å². The average Bonchev–Trinajstić information content (AvgIpc) is 2.43. The van der Waals surface area contributed by atoms with Gasteiger partial charge in [0.25, 0.3) is 0 Å². The van der Waals surface area contributed by atoms with E-state index in [9.17, 15) is 5.11 Å². The molecule has 0 atom stereocenters. The zero-order valence-electron chi connectivity index (χ0n) is 14.0. The minimum Gasteiger partial charge on any atom is -0.396 e. The first kappa shape index (κ1) is 18.0. The third kappa shape index (κ3) is 5.04. The Kier molecular flexibility index (Phi) is 7.53. The van der Waals surface area contributed by atoms with Gasteiger partial charge in [-0.25, -0.2) is 0 Å². The summed E-state index contributed by atoms with van der Waals surface area (Å²) in [4.78, 5) is 0. The molecule has 0 saturated heterocycles. The van der Waals surface area contributed by atoms with Crippen LogP contribution in [0.3, 0.4) is 0 Å². The smallest absolute Gasteiger partial charge is 0.0698 e. The second-order valence-corrected chi connectivity index (χ2v) is 7.54. The van der Waals surface area contributed by atoms with Crippen LogP contribution in [-0.2, 0) is 0 Å². The lowest BCUT2D eigenvalue weighted by atomic mass is 9.63. The van der Waals surface area contributed by atoms with Crippen LogP contribution in [0.1, 0.15) is 91.4 Å². The van der Waals surface area contributed by atoms with E-state index in [4.69, 9.17) is 5.11 Å². The molecule has 0 unspecified atom stereocenters. The Hall–Kier alpha value is -0.0800. The quantitative estimate of drug-likeness (QED) is 0.604. The summed E-state index contributed by atoms with van der Waals surface area (Å²) in [6.45, 7) is 7.07. The van der Waals surface area contributed by atoms with Gasteiger partial charge in [0, 0.05) is 6.61 Å². The molecule has 0 aromatic rings. The van der Waals surface area contributed by atoms with Gasteiger partial charge in [-0.1, -0.05) is 46.5 Å². The predicted molar refractivity (Wildman–Crippen MR) is 85.8 cm³/mol. The maximum Gasteiger partial charge on any atom is 0.0698 e. The van der Waals surface area contributed by atoms with Crippen molar-refractivity contribution in [3.05, 3.63) is 0 Å². The van der Waals surface area contributed by atoms with Crippen LogP contribution in [0.25, 0.3) is 0 Å². The van der Waals surface area contributed by atoms with Crippen LogP contribution in [0.5, 0.6) is 0 Å². The molecule has 0 amide bonds. The molecular weight excluding hydrogens is 248 g/mol. The molecule has 0 aliphatic heterocycles. The number of aliphatic hydroxyl groups excluding tert-OH is 1. The third-order valence-electron chi connectivity index (χ3n) is 5.62. The molecule has 1 rings (SSSR count). The molecule has 0 aromatic carbocycles. The fourth-order valence-corrected chi connectivity index (χ4v) is 3.73. The molecule has 2 N–H and O–H groups in total. The summed E-state index contributed by atoms with van der Waals surface area (Å²) in [5.74, 6) is 0.721. The Morgan fingerprint density at radius 3 is 2.25 bits per heavy atom. The standard InChI is InChI=1S/C18H36O2/c1-4-5-6-7-12-17(2,3)18(20)13-10-16(11-14-18)9-8-15-19/h16,19-20H,4-15H2,1-3H3. The summed E-state index contributed by atoms with van der Waals surface area (Å²) >= 11 is 0. The maximum absolute atomic E-state index is 11.0. The van der Waals surface area contributed by atoms with Crippen LogP contribution >= 0.6 is 0 Å². The first-order chi connectivity index (χ1) is 9.45. The number of hydrogen-bond donors (Lipinski definition) is 2. The first-order valence-electron chi connectivity index (χ1n) is 8.78. The Morgan fingerprint density at radius 1 is 1.05 bits per heavy atom. The van der Waals surface area contributed by atoms with Crippen molar-refractivity contribution in [3.63, 3.8) is 0 Å². The zero-order chi connectivity index (χ0) is 15.1. The van der Waals surface area contributed by atoms with Crippen molar-refractivity contribution in [2.45, 2.75) is 97.0 Å². The molecule has 1 aliphatic carbocycles. The second-order valence-electron chi connectivity index (χ2n) is 7.54. The monoisotopic (exact) mass is 284 g/mol. The molecule has 0 heterocycles. The van der Waals surface area contributed by atoms with E-state index < -0.39 is 5.60 Å². The van der Waals surface area contributed by atoms with Gasteiger partial charge < -0.3 is 10.2 Å². The fraction of sp³-hybridized carbons (Fsp3) is 1.00. The lowest BCUT2D eigenvalue weighted by Gasteiger charge is -2.47. The van der Waals surface area contributed by atoms with E-state index in [2.05, 4.69) is 20.8 Å². The Balaban J connectivity index is 2.40. The van der Waals surface area contributed by atoms with E-state index in [1.807, 2.05) is 0 Å². The van der Waals surface area contributed by atoms with Gasteiger partial charge in [-0.05, 0) is 56.3 Å². The van der Waals surface area contributed by atoms with Gasteiger partial charge in [0.15, 0.2) is 0 Å². The Bertz CT molecular complexity index is 252. The van der Waals surface area contributed by atoms with E-state index in [1.165, 1.54) is 25.7 Å². The van der Waals surface area contributed by atoms with Gasteiger partial charge in [-0.3, -0.25) is 0 Å². The van der Waals surface area contributed by atoms with Crippen molar-refractivity contribution in [3.8, 4) is 0 Å². The summed E-state index contributed by atoms with van der Waals surface area (Å²) < 4.78 is 0. The van der Waals surface area contributed by atoms with Crippen LogP contribution in [-0.4, -0.2) is 22.4 Å². The first-order valence-corrected chi connectivity index (χ1v) is 8.78. The molecule has 1 aliphatic rings. The van der Waals surface area contributed by atoms with Gasteiger partial charge in [0.2, 0.25) is 0 Å². The van der Waals surface area contributed by atoms with Crippen LogP contribution in [0.2, 0.25) is 0 Å². The number of hydrogen-bond acceptors (Lipinski definition) is 2. The largest absolute Gasteiger partial charge is 0.396 e. The molecule has 0 radical (unpaired) electrons. The van der Waals surface area contributed by atoms with Gasteiger partial charge >= 0.3 is 0 Å². The topological polar surface area (TPSA) is 40.5 Å². The van der Waals surface area contributed by atoms with Crippen LogP contribution in [0.15, 0.2) is 0 Å². The third-order valence-corrected chi connectivity index (χ3v) is 5.62. The van der Waals surface area contributed by atoms with Gasteiger partial charge in [-0.15, -0.1) is 0 Å². The van der Waals surface area contributed by atoms with Crippen LogP contribution in [0.4, 0.5) is 0 Å². The number of unbranched alkanes of at least 4 members (excludes halogenated alkanes) is 3. The van der Waals surface area contributed by atoms with Gasteiger partial charge in [0.1, 0.15) is 0 Å². The van der Waals surface area contributed by atoms with Crippen molar-refractivity contribution < 1.29 is 10.2 Å². The molecule has 120 valence electrons. The SMILES string of the molecule is CCCCCCC(C)(C)C1(O)CCC(CCCO)CC1. The molecule has 0 spiro atoms. The summed E-state index contributed by atoms with van der Waals surface area (Å²) in [6, 6.07) is 0. The van der Waals surface area contributed by atoms with Crippen LogP contribution in [0, 0.1) is 11.3 Å². The van der Waals surface area contributed by atoms with Crippen molar-refractivity contribution >= 4 is 0 Å². The molecule has 2 nitrogen and oxygen atoms in total. The lowest BCUT2D eigenvalue weighted by molar-refractivity contribution is -0.106. The molecule has 2 heteroatoms. The molecule has 20 heavy (non-hydrogen) atoms. The second kappa shape index (κ2) is 8.38. The van der Waals surface area contributed by atoms with Crippen molar-refractivity contribution in [1.29, 1.82) is 0 Å². The van der Waals surface area contributed by atoms with E-state index in [-0.39, 0.29) is 5.41 Å². The Labute approximate surface area is 126 Å². The molecule has 0 bridgehead atoms. The minimum absolute atomic E-state index is 0.0443. The summed E-state index contributed by atoms with van der Waals surface area (Å²) in [6.07, 6.45) is 12.5. The summed E-state index contributed by atoms with van der Waals surface area (Å²) in [7, 11) is 0. The highest BCUT2D eigenvalue weighted by molar-refractivity contribution is 4.96. The lowest BCUT2D eigenvalue weighted by Crippen LogP contribution is -2.47. The normalized spacial score (nSPS) is 27.8. The summed E-state index contributed by atoms with van der Waals surface area (Å²) in [5, 5.41) is 20.0. The molecular formula is C18H36O2. The minimum atomic E-state index is -0.463. The highest BCUT2D eigenvalue weighted by atomic mass is 16.3. The highest BCUT2D eigenvalue weighted by Gasteiger charge is 2.44. The van der Waals surface area contributed by atoms with Crippen molar-refractivity contribution in [1.82, 2.24) is 0 Å². The number of rotatable bonds is 9. The molecule has 1 saturated carbocycles. The van der Waals surface area contributed by atoms with E-state index in [0.717, 1.165) is 50.9 Å². The van der Waals surface area contributed by atoms with E-state index in [0.29, 0.717) is 6.61 Å². The molecule has 1 fully saturated rings. The highest BCUT2D eigenvalue weighted by Crippen LogP contribution is 2.47. The predicted octanol–water partition coefficient (Wildman–Crippen LogP) is 4.68. The Morgan fingerprint density at radius 2 is 1.70 bits per heavy atom. The van der Waals surface area contributed by atoms with Gasteiger partial charge in [0.05, 0.1) is 5.60 Å². The summed E-state index contributed by atoms with van der Waals surface area (Å²) in [5.41, 5.74) is -0.419. The number of aliphatic hydroxyl groups is 2.